The fourth-order valence-corrected chi connectivity index (χ4v) is 1.75. The fourth-order valence-electron chi connectivity index (χ4n) is 1.75. The Bertz CT molecular complexity index is 452. The number of nitrogens with one attached hydrogen (secondary N) is 1. The Morgan fingerprint density at radius 1 is 1.41 bits per heavy atom. The van der Waals surface area contributed by atoms with Gasteiger partial charge in [0.2, 0.25) is 0 Å². The van der Waals surface area contributed by atoms with E-state index in [4.69, 9.17) is 4.42 Å². The SMILES string of the molecule is CC(CCc1ccco1)N1C(=O)NC(=O)C1=O. The molecule has 1 aliphatic heterocycles. The van der Waals surface area contributed by atoms with Crippen LogP contribution in [0.3, 0.4) is 0 Å². The average molecular weight is 236 g/mol. The minimum atomic E-state index is -0.861. The molecule has 1 N–H and O–H groups in total. The van der Waals surface area contributed by atoms with Gasteiger partial charge in [0.1, 0.15) is 5.76 Å². The number of hydrogen-bond donors (Lipinski definition) is 1. The van der Waals surface area contributed by atoms with Crippen LogP contribution in [-0.4, -0.2) is 28.8 Å². The second-order valence-electron chi connectivity index (χ2n) is 3.90. The van der Waals surface area contributed by atoms with Crippen molar-refractivity contribution < 1.29 is 18.8 Å². The lowest BCUT2D eigenvalue weighted by atomic mass is 10.1. The smallest absolute Gasteiger partial charge is 0.331 e. The largest absolute Gasteiger partial charge is 0.469 e. The predicted molar refractivity (Wildman–Crippen MR) is 56.9 cm³/mol. The van der Waals surface area contributed by atoms with Gasteiger partial charge < -0.3 is 4.42 Å². The summed E-state index contributed by atoms with van der Waals surface area (Å²) in [5.74, 6) is -0.864. The van der Waals surface area contributed by atoms with Crippen LogP contribution in [0.25, 0.3) is 0 Å². The topological polar surface area (TPSA) is 79.6 Å². The van der Waals surface area contributed by atoms with Gasteiger partial charge in [-0.05, 0) is 25.5 Å². The third-order valence-corrected chi connectivity index (χ3v) is 2.68. The molecule has 0 aliphatic carbocycles. The summed E-state index contributed by atoms with van der Waals surface area (Å²) in [5, 5.41) is 1.97. The second-order valence-corrected chi connectivity index (χ2v) is 3.90. The number of nitrogens with zero attached hydrogens (tertiary/aromatic N) is 1. The van der Waals surface area contributed by atoms with Gasteiger partial charge in [-0.2, -0.15) is 0 Å². The van der Waals surface area contributed by atoms with E-state index in [2.05, 4.69) is 0 Å². The van der Waals surface area contributed by atoms with E-state index in [1.165, 1.54) is 0 Å². The number of hydrogen-bond acceptors (Lipinski definition) is 4. The molecule has 1 atom stereocenters. The molecule has 0 aromatic carbocycles. The summed E-state index contributed by atoms with van der Waals surface area (Å²) in [4.78, 5) is 34.7. The zero-order valence-corrected chi connectivity index (χ0v) is 9.30. The van der Waals surface area contributed by atoms with E-state index in [1.54, 1.807) is 19.3 Å². The lowest BCUT2D eigenvalue weighted by molar-refractivity contribution is -0.141. The highest BCUT2D eigenvalue weighted by Gasteiger charge is 2.39. The van der Waals surface area contributed by atoms with Gasteiger partial charge in [0.25, 0.3) is 0 Å². The standard InChI is InChI=1S/C11H12N2O4/c1-7(4-5-8-3-2-6-17-8)13-10(15)9(14)12-11(13)16/h2-3,6-7H,4-5H2,1H3,(H,12,14,16). The first-order valence-electron chi connectivity index (χ1n) is 5.30. The van der Waals surface area contributed by atoms with Crippen LogP contribution >= 0.6 is 0 Å². The molecule has 90 valence electrons. The Balaban J connectivity index is 1.96. The number of carbonyl (C=O) groups is 3. The molecule has 0 saturated carbocycles. The molecule has 1 aromatic heterocycles. The molecule has 17 heavy (non-hydrogen) atoms. The quantitative estimate of drug-likeness (QED) is 0.615. The Morgan fingerprint density at radius 3 is 2.71 bits per heavy atom. The van der Waals surface area contributed by atoms with Gasteiger partial charge >= 0.3 is 17.8 Å². The summed E-state index contributed by atoms with van der Waals surface area (Å²) >= 11 is 0. The van der Waals surface area contributed by atoms with Crippen LogP contribution < -0.4 is 5.32 Å². The average Bonchev–Trinajstić information content (AvgIpc) is 2.86. The highest BCUT2D eigenvalue weighted by Crippen LogP contribution is 2.13. The van der Waals surface area contributed by atoms with Gasteiger partial charge in [-0.15, -0.1) is 0 Å². The molecular formula is C11H12N2O4. The van der Waals surface area contributed by atoms with E-state index in [-0.39, 0.29) is 6.04 Å². The van der Waals surface area contributed by atoms with Crippen molar-refractivity contribution in [2.45, 2.75) is 25.8 Å². The van der Waals surface area contributed by atoms with Crippen LogP contribution in [0, 0.1) is 0 Å². The summed E-state index contributed by atoms with van der Waals surface area (Å²) in [6.45, 7) is 1.72. The monoisotopic (exact) mass is 236 g/mol. The van der Waals surface area contributed by atoms with Crippen molar-refractivity contribution in [3.05, 3.63) is 24.2 Å². The summed E-state index contributed by atoms with van der Waals surface area (Å²) in [5.41, 5.74) is 0. The summed E-state index contributed by atoms with van der Waals surface area (Å²) in [6, 6.07) is 2.62. The summed E-state index contributed by atoms with van der Waals surface area (Å²) in [7, 11) is 0. The van der Waals surface area contributed by atoms with Gasteiger partial charge in [0, 0.05) is 12.5 Å². The lowest BCUT2D eigenvalue weighted by Gasteiger charge is -2.19. The molecule has 1 saturated heterocycles. The third-order valence-electron chi connectivity index (χ3n) is 2.68. The van der Waals surface area contributed by atoms with E-state index >= 15 is 0 Å². The van der Waals surface area contributed by atoms with E-state index in [1.807, 2.05) is 11.4 Å². The van der Waals surface area contributed by atoms with Crippen molar-refractivity contribution in [1.29, 1.82) is 0 Å². The second kappa shape index (κ2) is 4.40. The van der Waals surface area contributed by atoms with Crippen molar-refractivity contribution in [1.82, 2.24) is 10.2 Å². The first-order chi connectivity index (χ1) is 8.09. The zero-order chi connectivity index (χ0) is 12.4. The molecule has 0 spiro atoms. The molecule has 2 rings (SSSR count). The van der Waals surface area contributed by atoms with Crippen LogP contribution in [0.1, 0.15) is 19.1 Å². The van der Waals surface area contributed by atoms with Crippen molar-refractivity contribution in [3.63, 3.8) is 0 Å². The van der Waals surface area contributed by atoms with Gasteiger partial charge in [0.05, 0.1) is 6.26 Å². The number of rotatable bonds is 4. The molecule has 1 aliphatic rings. The van der Waals surface area contributed by atoms with Gasteiger partial charge in [-0.25, -0.2) is 4.79 Å². The maximum Gasteiger partial charge on any atom is 0.331 e. The predicted octanol–water partition coefficient (Wildman–Crippen LogP) is 0.679. The highest BCUT2D eigenvalue weighted by molar-refractivity contribution is 6.44. The first-order valence-corrected chi connectivity index (χ1v) is 5.30. The molecule has 4 amide bonds. The maximum atomic E-state index is 11.4. The molecule has 6 nitrogen and oxygen atoms in total. The van der Waals surface area contributed by atoms with E-state index in [9.17, 15) is 14.4 Å². The maximum absolute atomic E-state index is 11.4. The first kappa shape index (κ1) is 11.4. The molecule has 1 aromatic rings. The Labute approximate surface area is 97.6 Å². The molecule has 1 unspecified atom stereocenters. The van der Waals surface area contributed by atoms with Crippen LogP contribution in [-0.2, 0) is 16.0 Å². The van der Waals surface area contributed by atoms with Crippen molar-refractivity contribution in [2.24, 2.45) is 0 Å². The summed E-state index contributed by atoms with van der Waals surface area (Å²) in [6.07, 6.45) is 2.73. The number of imide groups is 2. The normalized spacial score (nSPS) is 17.5. The van der Waals surface area contributed by atoms with E-state index in [0.29, 0.717) is 12.8 Å². The number of furan rings is 1. The number of aryl methyl sites for hydroxylation is 1. The van der Waals surface area contributed by atoms with Crippen molar-refractivity contribution >= 4 is 17.8 Å². The molecule has 1 fully saturated rings. The van der Waals surface area contributed by atoms with E-state index in [0.717, 1.165) is 10.7 Å². The van der Waals surface area contributed by atoms with Gasteiger partial charge in [-0.3, -0.25) is 19.8 Å². The number of amides is 4. The number of carbonyl (C=O) groups excluding carboxylic acids is 3. The van der Waals surface area contributed by atoms with Gasteiger partial charge in [0.15, 0.2) is 0 Å². The van der Waals surface area contributed by atoms with Crippen LogP contribution in [0.4, 0.5) is 4.79 Å². The Morgan fingerprint density at radius 2 is 2.18 bits per heavy atom. The minimum absolute atomic E-state index is 0.334. The highest BCUT2D eigenvalue weighted by atomic mass is 16.3. The molecule has 6 heteroatoms. The minimum Gasteiger partial charge on any atom is -0.469 e. The van der Waals surface area contributed by atoms with E-state index < -0.39 is 17.8 Å². The molecule has 2 heterocycles. The van der Waals surface area contributed by atoms with Crippen LogP contribution in [0.5, 0.6) is 0 Å². The molecule has 0 bridgehead atoms. The van der Waals surface area contributed by atoms with Crippen molar-refractivity contribution in [2.75, 3.05) is 0 Å². The summed E-state index contributed by atoms with van der Waals surface area (Å²) < 4.78 is 5.15. The molecule has 0 radical (unpaired) electrons. The van der Waals surface area contributed by atoms with Crippen molar-refractivity contribution in [3.8, 4) is 0 Å². The Kier molecular flexibility index (Phi) is 2.95. The van der Waals surface area contributed by atoms with Crippen LogP contribution in [0.2, 0.25) is 0 Å². The zero-order valence-electron chi connectivity index (χ0n) is 9.30. The fraction of sp³-hybridized carbons (Fsp3) is 0.364. The van der Waals surface area contributed by atoms with Crippen LogP contribution in [0.15, 0.2) is 22.8 Å². The third kappa shape index (κ3) is 2.20. The van der Waals surface area contributed by atoms with Gasteiger partial charge in [-0.1, -0.05) is 0 Å². The lowest BCUT2D eigenvalue weighted by Crippen LogP contribution is -2.39. The molecular weight excluding hydrogens is 224 g/mol. The number of urea groups is 1. The Hall–Kier alpha value is -2.11.